The Hall–Kier alpha value is -2.56. The molecule has 0 aliphatic heterocycles. The van der Waals surface area contributed by atoms with E-state index < -0.39 is 18.0 Å². The van der Waals surface area contributed by atoms with E-state index in [1.165, 1.54) is 0 Å². The van der Waals surface area contributed by atoms with E-state index in [0.29, 0.717) is 16.5 Å². The lowest BCUT2D eigenvalue weighted by Gasteiger charge is -2.10. The quantitative estimate of drug-likeness (QED) is 0.618. The van der Waals surface area contributed by atoms with Crippen LogP contribution in [0.25, 0.3) is 0 Å². The van der Waals surface area contributed by atoms with E-state index in [9.17, 15) is 9.59 Å². The van der Waals surface area contributed by atoms with Crippen molar-refractivity contribution in [1.29, 1.82) is 0 Å². The summed E-state index contributed by atoms with van der Waals surface area (Å²) >= 11 is 1.03. The van der Waals surface area contributed by atoms with Crippen molar-refractivity contribution in [2.24, 2.45) is 0 Å². The van der Waals surface area contributed by atoms with Gasteiger partial charge in [0.05, 0.1) is 18.3 Å². The first-order valence-corrected chi connectivity index (χ1v) is 6.76. The largest absolute Gasteiger partial charge is 0.477 e. The number of amides is 2. The van der Waals surface area contributed by atoms with Crippen LogP contribution in [0.3, 0.4) is 0 Å². The second kappa shape index (κ2) is 6.26. The zero-order valence-electron chi connectivity index (χ0n) is 11.2. The topological polar surface area (TPSA) is 146 Å². The van der Waals surface area contributed by atoms with Gasteiger partial charge in [-0.15, -0.1) is 21.5 Å². The van der Waals surface area contributed by atoms with Crippen molar-refractivity contribution in [2.75, 3.05) is 0 Å². The van der Waals surface area contributed by atoms with Crippen LogP contribution in [0.1, 0.15) is 39.2 Å². The molecule has 0 aliphatic carbocycles. The monoisotopic (exact) mass is 311 g/mol. The number of carbonyl (C=O) groups is 2. The minimum absolute atomic E-state index is 0.142. The Morgan fingerprint density at radius 1 is 1.48 bits per heavy atom. The van der Waals surface area contributed by atoms with Crippen LogP contribution in [-0.4, -0.2) is 42.7 Å². The van der Waals surface area contributed by atoms with E-state index in [2.05, 4.69) is 36.2 Å². The minimum Gasteiger partial charge on any atom is -0.477 e. The molecule has 0 fully saturated rings. The molecule has 1 atom stereocenters. The summed E-state index contributed by atoms with van der Waals surface area (Å²) in [6.45, 7) is 3.46. The molecule has 0 bridgehead atoms. The molecule has 112 valence electrons. The Kier molecular flexibility index (Phi) is 4.42. The predicted octanol–water partition coefficient (Wildman–Crippen LogP) is 0.223. The number of nitrogens with zero attached hydrogens (tertiary/aromatic N) is 4. The number of tetrazole rings is 1. The average molecular weight is 311 g/mol. The number of thiazole rings is 1. The summed E-state index contributed by atoms with van der Waals surface area (Å²) in [7, 11) is 0. The summed E-state index contributed by atoms with van der Waals surface area (Å²) < 4.78 is 0. The number of nitrogens with one attached hydrogen (secondary N) is 3. The van der Waals surface area contributed by atoms with Gasteiger partial charge >= 0.3 is 12.0 Å². The van der Waals surface area contributed by atoms with Crippen LogP contribution in [0.15, 0.2) is 0 Å². The Bertz CT molecular complexity index is 639. The highest BCUT2D eigenvalue weighted by Crippen LogP contribution is 2.17. The molecule has 0 aliphatic rings. The average Bonchev–Trinajstić information content (AvgIpc) is 3.05. The molecular weight excluding hydrogens is 298 g/mol. The van der Waals surface area contributed by atoms with Crippen LogP contribution in [0.2, 0.25) is 0 Å². The van der Waals surface area contributed by atoms with Crippen molar-refractivity contribution in [3.63, 3.8) is 0 Å². The summed E-state index contributed by atoms with van der Waals surface area (Å²) in [5.41, 5.74) is 0.435. The Balaban J connectivity index is 1.86. The van der Waals surface area contributed by atoms with Gasteiger partial charge in [0.15, 0.2) is 5.82 Å². The lowest BCUT2D eigenvalue weighted by Crippen LogP contribution is -2.37. The Labute approximate surface area is 123 Å². The molecule has 2 aromatic heterocycles. The van der Waals surface area contributed by atoms with Gasteiger partial charge in [-0.3, -0.25) is 0 Å². The number of aromatic carboxylic acids is 1. The zero-order chi connectivity index (χ0) is 15.4. The van der Waals surface area contributed by atoms with Gasteiger partial charge in [0.1, 0.15) is 9.88 Å². The Morgan fingerprint density at radius 2 is 2.24 bits per heavy atom. The SMILES string of the molecule is Cc1nc(CNC(=O)NC(C)c2nn[nH]n2)sc1C(=O)O. The molecule has 0 radical (unpaired) electrons. The third-order valence-electron chi connectivity index (χ3n) is 2.53. The van der Waals surface area contributed by atoms with Gasteiger partial charge in [0.2, 0.25) is 0 Å². The summed E-state index contributed by atoms with van der Waals surface area (Å²) in [5.74, 6) is -0.658. The summed E-state index contributed by atoms with van der Waals surface area (Å²) in [6.07, 6.45) is 0. The second-order valence-electron chi connectivity index (χ2n) is 4.15. The number of aryl methyl sites for hydroxylation is 1. The van der Waals surface area contributed by atoms with Crippen LogP contribution in [-0.2, 0) is 6.54 Å². The molecule has 2 aromatic rings. The predicted molar refractivity (Wildman–Crippen MR) is 71.8 cm³/mol. The third kappa shape index (κ3) is 3.72. The Morgan fingerprint density at radius 3 is 2.81 bits per heavy atom. The number of hydrogen-bond acceptors (Lipinski definition) is 7. The number of hydrogen-bond donors (Lipinski definition) is 4. The molecule has 0 saturated heterocycles. The first kappa shape index (κ1) is 14.8. The zero-order valence-corrected chi connectivity index (χ0v) is 12.1. The second-order valence-corrected chi connectivity index (χ2v) is 5.23. The summed E-state index contributed by atoms with van der Waals surface area (Å²) in [5, 5.41) is 27.9. The van der Waals surface area contributed by atoms with Gasteiger partial charge in [-0.05, 0) is 13.8 Å². The van der Waals surface area contributed by atoms with Crippen molar-refractivity contribution >= 4 is 23.3 Å². The van der Waals surface area contributed by atoms with Gasteiger partial charge in [0.25, 0.3) is 0 Å². The maximum atomic E-state index is 11.7. The fraction of sp³-hybridized carbons (Fsp3) is 0.400. The van der Waals surface area contributed by atoms with Crippen LogP contribution in [0.4, 0.5) is 4.79 Å². The molecule has 10 nitrogen and oxygen atoms in total. The van der Waals surface area contributed by atoms with Crippen molar-refractivity contribution in [3.05, 3.63) is 21.4 Å². The number of aromatic nitrogens is 5. The van der Waals surface area contributed by atoms with Gasteiger partial charge in [0, 0.05) is 0 Å². The number of H-pyrrole nitrogens is 1. The van der Waals surface area contributed by atoms with Gasteiger partial charge in [-0.2, -0.15) is 5.21 Å². The van der Waals surface area contributed by atoms with Crippen LogP contribution in [0.5, 0.6) is 0 Å². The number of carbonyl (C=O) groups excluding carboxylic acids is 1. The third-order valence-corrected chi connectivity index (χ3v) is 3.68. The van der Waals surface area contributed by atoms with Crippen molar-refractivity contribution in [2.45, 2.75) is 26.4 Å². The van der Waals surface area contributed by atoms with E-state index in [0.717, 1.165) is 11.3 Å². The van der Waals surface area contributed by atoms with Crippen LogP contribution >= 0.6 is 11.3 Å². The van der Waals surface area contributed by atoms with Crippen molar-refractivity contribution < 1.29 is 14.7 Å². The van der Waals surface area contributed by atoms with Crippen LogP contribution < -0.4 is 10.6 Å². The lowest BCUT2D eigenvalue weighted by molar-refractivity contribution is 0.0701. The van der Waals surface area contributed by atoms with Crippen molar-refractivity contribution in [3.8, 4) is 0 Å². The molecule has 2 amide bonds. The first-order valence-electron chi connectivity index (χ1n) is 5.94. The highest BCUT2D eigenvalue weighted by Gasteiger charge is 2.16. The molecule has 21 heavy (non-hydrogen) atoms. The van der Waals surface area contributed by atoms with E-state index in [4.69, 9.17) is 5.11 Å². The molecular formula is C10H13N7O3S. The normalized spacial score (nSPS) is 11.9. The first-order chi connectivity index (χ1) is 9.97. The van der Waals surface area contributed by atoms with E-state index in [1.807, 2.05) is 0 Å². The molecule has 4 N–H and O–H groups in total. The highest BCUT2D eigenvalue weighted by atomic mass is 32.1. The van der Waals surface area contributed by atoms with Crippen molar-refractivity contribution in [1.82, 2.24) is 36.2 Å². The maximum absolute atomic E-state index is 11.7. The smallest absolute Gasteiger partial charge is 0.347 e. The number of urea groups is 1. The number of aromatic amines is 1. The van der Waals surface area contributed by atoms with Crippen LogP contribution in [0, 0.1) is 6.92 Å². The minimum atomic E-state index is -1.02. The molecule has 0 saturated carbocycles. The maximum Gasteiger partial charge on any atom is 0.347 e. The molecule has 1 unspecified atom stereocenters. The standard InChI is InChI=1S/C10H13N7O3S/c1-4-7(9(18)19)21-6(12-4)3-11-10(20)13-5(2)8-14-16-17-15-8/h5H,3H2,1-2H3,(H,18,19)(H2,11,13,20)(H,14,15,16,17). The summed E-state index contributed by atoms with van der Waals surface area (Å²) in [6, 6.07) is -0.839. The number of carboxylic acid groups (broad SMARTS) is 1. The fourth-order valence-electron chi connectivity index (χ4n) is 1.55. The molecule has 0 spiro atoms. The van der Waals surface area contributed by atoms with E-state index in [1.54, 1.807) is 13.8 Å². The van der Waals surface area contributed by atoms with Gasteiger partial charge in [-0.25, -0.2) is 14.6 Å². The molecule has 2 rings (SSSR count). The fourth-order valence-corrected chi connectivity index (χ4v) is 2.39. The lowest BCUT2D eigenvalue weighted by atomic mass is 10.3. The van der Waals surface area contributed by atoms with E-state index in [-0.39, 0.29) is 11.4 Å². The molecule has 2 heterocycles. The summed E-state index contributed by atoms with van der Waals surface area (Å²) in [4.78, 5) is 26.9. The number of carboxylic acids is 1. The highest BCUT2D eigenvalue weighted by molar-refractivity contribution is 7.13. The molecule has 11 heteroatoms. The van der Waals surface area contributed by atoms with Gasteiger partial charge in [-0.1, -0.05) is 5.21 Å². The van der Waals surface area contributed by atoms with Gasteiger partial charge < -0.3 is 15.7 Å². The number of rotatable bonds is 5. The molecule has 0 aromatic carbocycles. The van der Waals surface area contributed by atoms with E-state index >= 15 is 0 Å².